The molecule has 0 bridgehead atoms. The molecule has 0 aromatic carbocycles. The molecular weight excluding hydrogens is 248 g/mol. The predicted molar refractivity (Wildman–Crippen MR) is 72.7 cm³/mol. The largest absolute Gasteiger partial charge is 0.393 e. The maximum absolute atomic E-state index is 9.93. The molecule has 0 spiro atoms. The summed E-state index contributed by atoms with van der Waals surface area (Å²) in [7, 11) is 0. The molecule has 1 aliphatic carbocycles. The van der Waals surface area contributed by atoms with Crippen molar-refractivity contribution in [1.29, 1.82) is 0 Å². The summed E-state index contributed by atoms with van der Waals surface area (Å²) in [5.41, 5.74) is 5.81. The fourth-order valence-corrected chi connectivity index (χ4v) is 3.49. The zero-order valence-electron chi connectivity index (χ0n) is 10.4. The molecule has 6 heteroatoms. The second-order valence-corrected chi connectivity index (χ2v) is 5.88. The first-order chi connectivity index (χ1) is 8.67. The van der Waals surface area contributed by atoms with Crippen molar-refractivity contribution in [3.63, 3.8) is 0 Å². The Hall–Kier alpha value is -1.01. The summed E-state index contributed by atoms with van der Waals surface area (Å²) in [6, 6.07) is 1.83. The number of hydrogen-bond donors (Lipinski definition) is 2. The SMILES string of the molecule is CSc1nc(N)cc(N2CC3CCC(O)C3C2)n1. The molecule has 1 saturated heterocycles. The highest BCUT2D eigenvalue weighted by molar-refractivity contribution is 7.98. The quantitative estimate of drug-likeness (QED) is 0.614. The van der Waals surface area contributed by atoms with Crippen LogP contribution in [0.2, 0.25) is 0 Å². The van der Waals surface area contributed by atoms with Crippen LogP contribution in [0.4, 0.5) is 11.6 Å². The molecular formula is C12H18N4OS. The molecule has 1 saturated carbocycles. The van der Waals surface area contributed by atoms with Crippen LogP contribution in [0, 0.1) is 11.8 Å². The van der Waals surface area contributed by atoms with Crippen molar-refractivity contribution in [3.05, 3.63) is 6.07 Å². The highest BCUT2D eigenvalue weighted by Gasteiger charge is 2.42. The molecule has 2 fully saturated rings. The van der Waals surface area contributed by atoms with E-state index in [-0.39, 0.29) is 6.10 Å². The molecule has 1 aromatic rings. The van der Waals surface area contributed by atoms with E-state index in [0.717, 1.165) is 31.7 Å². The average Bonchev–Trinajstić information content (AvgIpc) is 2.91. The van der Waals surface area contributed by atoms with Crippen molar-refractivity contribution < 1.29 is 5.11 Å². The van der Waals surface area contributed by atoms with E-state index >= 15 is 0 Å². The van der Waals surface area contributed by atoms with Gasteiger partial charge in [-0.3, -0.25) is 0 Å². The molecule has 18 heavy (non-hydrogen) atoms. The van der Waals surface area contributed by atoms with Crippen LogP contribution in [0.5, 0.6) is 0 Å². The minimum atomic E-state index is -0.140. The van der Waals surface area contributed by atoms with Gasteiger partial charge in [-0.2, -0.15) is 0 Å². The van der Waals surface area contributed by atoms with Crippen LogP contribution >= 0.6 is 11.8 Å². The van der Waals surface area contributed by atoms with Gasteiger partial charge in [0, 0.05) is 25.1 Å². The van der Waals surface area contributed by atoms with Gasteiger partial charge in [0.25, 0.3) is 0 Å². The minimum absolute atomic E-state index is 0.140. The van der Waals surface area contributed by atoms with Crippen molar-refractivity contribution in [2.75, 3.05) is 30.0 Å². The van der Waals surface area contributed by atoms with Gasteiger partial charge in [-0.1, -0.05) is 11.8 Å². The topological polar surface area (TPSA) is 75.3 Å². The summed E-state index contributed by atoms with van der Waals surface area (Å²) in [5.74, 6) is 2.42. The molecule has 2 aliphatic rings. The minimum Gasteiger partial charge on any atom is -0.393 e. The molecule has 1 aliphatic heterocycles. The summed E-state index contributed by atoms with van der Waals surface area (Å²) < 4.78 is 0. The van der Waals surface area contributed by atoms with Crippen LogP contribution in [0.15, 0.2) is 11.2 Å². The second-order valence-electron chi connectivity index (χ2n) is 5.11. The predicted octanol–water partition coefficient (Wildman–Crippen LogP) is 0.988. The molecule has 3 unspecified atom stereocenters. The average molecular weight is 266 g/mol. The van der Waals surface area contributed by atoms with Crippen LogP contribution in [0.3, 0.4) is 0 Å². The zero-order chi connectivity index (χ0) is 12.7. The van der Waals surface area contributed by atoms with E-state index in [1.165, 1.54) is 11.8 Å². The zero-order valence-corrected chi connectivity index (χ0v) is 11.2. The van der Waals surface area contributed by atoms with Gasteiger partial charge in [-0.15, -0.1) is 0 Å². The van der Waals surface area contributed by atoms with Gasteiger partial charge in [-0.25, -0.2) is 9.97 Å². The lowest BCUT2D eigenvalue weighted by Gasteiger charge is -2.19. The van der Waals surface area contributed by atoms with Gasteiger partial charge >= 0.3 is 0 Å². The Kier molecular flexibility index (Phi) is 3.07. The number of nitrogens with two attached hydrogens (primary N) is 1. The van der Waals surface area contributed by atoms with Crippen molar-refractivity contribution in [3.8, 4) is 0 Å². The van der Waals surface area contributed by atoms with E-state index in [2.05, 4.69) is 14.9 Å². The van der Waals surface area contributed by atoms with E-state index in [1.54, 1.807) is 0 Å². The first-order valence-electron chi connectivity index (χ1n) is 6.29. The number of anilines is 2. The summed E-state index contributed by atoms with van der Waals surface area (Å²) >= 11 is 1.50. The van der Waals surface area contributed by atoms with Crippen LogP contribution < -0.4 is 10.6 Å². The van der Waals surface area contributed by atoms with Crippen LogP contribution in [-0.4, -0.2) is 40.5 Å². The third kappa shape index (κ3) is 2.03. The number of aliphatic hydroxyl groups is 1. The smallest absolute Gasteiger partial charge is 0.191 e. The number of aliphatic hydroxyl groups excluding tert-OH is 1. The molecule has 0 amide bonds. The summed E-state index contributed by atoms with van der Waals surface area (Å²) in [6.07, 6.45) is 3.88. The van der Waals surface area contributed by atoms with E-state index in [1.807, 2.05) is 12.3 Å². The lowest BCUT2D eigenvalue weighted by atomic mass is 10.00. The van der Waals surface area contributed by atoms with E-state index in [0.29, 0.717) is 22.8 Å². The standard InChI is InChI=1S/C12H18N4OS/c1-18-12-14-10(13)4-11(15-12)16-5-7-2-3-9(17)8(7)6-16/h4,7-9,17H,2-3,5-6H2,1H3,(H2,13,14,15). The number of fused-ring (bicyclic) bond motifs is 1. The molecule has 98 valence electrons. The Labute approximate surface area is 111 Å². The number of rotatable bonds is 2. The van der Waals surface area contributed by atoms with Crippen LogP contribution in [0.25, 0.3) is 0 Å². The summed E-state index contributed by atoms with van der Waals surface area (Å²) in [4.78, 5) is 10.9. The van der Waals surface area contributed by atoms with Gasteiger partial charge in [0.1, 0.15) is 11.6 Å². The Bertz CT molecular complexity index is 456. The Morgan fingerprint density at radius 3 is 2.94 bits per heavy atom. The molecule has 0 radical (unpaired) electrons. The number of hydrogen-bond acceptors (Lipinski definition) is 6. The fourth-order valence-electron chi connectivity index (χ4n) is 3.11. The second kappa shape index (κ2) is 4.59. The van der Waals surface area contributed by atoms with Gasteiger partial charge in [0.2, 0.25) is 0 Å². The lowest BCUT2D eigenvalue weighted by molar-refractivity contribution is 0.133. The summed E-state index contributed by atoms with van der Waals surface area (Å²) in [6.45, 7) is 1.86. The molecule has 2 heterocycles. The van der Waals surface area contributed by atoms with Crippen molar-refractivity contribution >= 4 is 23.4 Å². The highest BCUT2D eigenvalue weighted by atomic mass is 32.2. The van der Waals surface area contributed by atoms with Crippen LogP contribution in [0.1, 0.15) is 12.8 Å². The lowest BCUT2D eigenvalue weighted by Crippen LogP contribution is -2.25. The molecule has 3 N–H and O–H groups in total. The van der Waals surface area contributed by atoms with Gasteiger partial charge in [-0.05, 0) is 25.0 Å². The van der Waals surface area contributed by atoms with E-state index < -0.39 is 0 Å². The molecule has 1 aromatic heterocycles. The van der Waals surface area contributed by atoms with Crippen LogP contribution in [-0.2, 0) is 0 Å². The normalized spacial score (nSPS) is 30.8. The Morgan fingerprint density at radius 1 is 1.39 bits per heavy atom. The maximum Gasteiger partial charge on any atom is 0.191 e. The number of aromatic nitrogens is 2. The monoisotopic (exact) mass is 266 g/mol. The molecule has 5 nitrogen and oxygen atoms in total. The first-order valence-corrected chi connectivity index (χ1v) is 7.51. The number of nitrogens with zero attached hydrogens (tertiary/aromatic N) is 3. The Balaban J connectivity index is 1.82. The van der Waals surface area contributed by atoms with Gasteiger partial charge in [0.15, 0.2) is 5.16 Å². The third-order valence-corrected chi connectivity index (χ3v) is 4.59. The van der Waals surface area contributed by atoms with Crippen molar-refractivity contribution in [1.82, 2.24) is 9.97 Å². The highest BCUT2D eigenvalue weighted by Crippen LogP contribution is 2.39. The summed E-state index contributed by atoms with van der Waals surface area (Å²) in [5, 5.41) is 10.6. The molecule has 3 atom stereocenters. The first kappa shape index (κ1) is 12.0. The van der Waals surface area contributed by atoms with E-state index in [4.69, 9.17) is 5.73 Å². The Morgan fingerprint density at radius 2 is 2.22 bits per heavy atom. The fraction of sp³-hybridized carbons (Fsp3) is 0.667. The molecule has 3 rings (SSSR count). The van der Waals surface area contributed by atoms with E-state index in [9.17, 15) is 5.11 Å². The van der Waals surface area contributed by atoms with Gasteiger partial charge in [0.05, 0.1) is 6.10 Å². The maximum atomic E-state index is 9.93. The van der Waals surface area contributed by atoms with Gasteiger partial charge < -0.3 is 15.7 Å². The van der Waals surface area contributed by atoms with Crippen molar-refractivity contribution in [2.24, 2.45) is 11.8 Å². The third-order valence-electron chi connectivity index (χ3n) is 4.04. The number of thioether (sulfide) groups is 1. The number of nitrogen functional groups attached to an aromatic ring is 1. The van der Waals surface area contributed by atoms with Crippen molar-refractivity contribution in [2.45, 2.75) is 24.1 Å².